The minimum atomic E-state index is -0.367. The molecule has 1 N–H and O–H groups in total. The summed E-state index contributed by atoms with van der Waals surface area (Å²) in [6.07, 6.45) is 1.58. The van der Waals surface area contributed by atoms with Crippen molar-refractivity contribution >= 4 is 39.1 Å². The van der Waals surface area contributed by atoms with Crippen LogP contribution >= 0.6 is 27.5 Å². The van der Waals surface area contributed by atoms with Crippen LogP contribution in [0.25, 0.3) is 0 Å². The van der Waals surface area contributed by atoms with Crippen LogP contribution in [-0.4, -0.2) is 10.9 Å². The second-order valence-corrected chi connectivity index (χ2v) is 4.49. The first kappa shape index (κ1) is 12.1. The average Bonchev–Trinajstić information content (AvgIpc) is 2.70. The van der Waals surface area contributed by atoms with Gasteiger partial charge in [0.05, 0.1) is 5.69 Å². The van der Waals surface area contributed by atoms with Crippen LogP contribution in [0.15, 0.2) is 33.5 Å². The normalized spacial score (nSPS) is 10.3. The number of halogens is 2. The number of furan rings is 1. The van der Waals surface area contributed by atoms with Crippen molar-refractivity contribution in [3.8, 4) is 0 Å². The highest BCUT2D eigenvalue weighted by atomic mass is 79.9. The van der Waals surface area contributed by atoms with Crippen molar-refractivity contribution in [2.45, 2.75) is 6.92 Å². The summed E-state index contributed by atoms with van der Waals surface area (Å²) in [5.74, 6) is -0.162. The average molecular weight is 316 g/mol. The second kappa shape index (κ2) is 4.89. The molecule has 0 aromatic carbocycles. The van der Waals surface area contributed by atoms with E-state index in [1.54, 1.807) is 24.4 Å². The van der Waals surface area contributed by atoms with Crippen LogP contribution in [0, 0.1) is 6.92 Å². The predicted octanol–water partition coefficient (Wildman–Crippen LogP) is 3.65. The van der Waals surface area contributed by atoms with Gasteiger partial charge in [0.2, 0.25) is 0 Å². The fraction of sp³-hybridized carbons (Fsp3) is 0.0909. The summed E-state index contributed by atoms with van der Waals surface area (Å²) in [6.45, 7) is 1.83. The van der Waals surface area contributed by atoms with Gasteiger partial charge in [-0.25, -0.2) is 4.98 Å². The number of pyridine rings is 1. The molecule has 0 radical (unpaired) electrons. The highest BCUT2D eigenvalue weighted by Crippen LogP contribution is 2.24. The Kier molecular flexibility index (Phi) is 3.49. The van der Waals surface area contributed by atoms with Gasteiger partial charge in [-0.1, -0.05) is 11.6 Å². The van der Waals surface area contributed by atoms with Gasteiger partial charge in [0, 0.05) is 6.20 Å². The first-order chi connectivity index (χ1) is 8.08. The standard InChI is InChI=1S/C11H8BrClN2O2/c1-6-4-5-14-10(13)9(6)15-11(16)7-2-3-8(12)17-7/h2-5H,1H3,(H,15,16). The summed E-state index contributed by atoms with van der Waals surface area (Å²) in [5, 5.41) is 2.91. The van der Waals surface area contributed by atoms with E-state index in [-0.39, 0.29) is 16.8 Å². The first-order valence-electron chi connectivity index (χ1n) is 4.75. The smallest absolute Gasteiger partial charge is 0.291 e. The number of amides is 1. The number of aromatic nitrogens is 1. The minimum Gasteiger partial charge on any atom is -0.444 e. The van der Waals surface area contributed by atoms with Gasteiger partial charge in [-0.2, -0.15) is 0 Å². The van der Waals surface area contributed by atoms with E-state index in [9.17, 15) is 4.79 Å². The lowest BCUT2D eigenvalue weighted by Gasteiger charge is -2.07. The van der Waals surface area contributed by atoms with Crippen molar-refractivity contribution in [2.24, 2.45) is 0 Å². The molecule has 2 aromatic rings. The second-order valence-electron chi connectivity index (χ2n) is 3.35. The molecule has 2 rings (SSSR count). The van der Waals surface area contributed by atoms with E-state index in [1.165, 1.54) is 0 Å². The molecule has 6 heteroatoms. The molecule has 0 aliphatic heterocycles. The lowest BCUT2D eigenvalue weighted by atomic mass is 10.2. The summed E-state index contributed by atoms with van der Waals surface area (Å²) in [7, 11) is 0. The fourth-order valence-electron chi connectivity index (χ4n) is 1.29. The Morgan fingerprint density at radius 2 is 2.24 bits per heavy atom. The first-order valence-corrected chi connectivity index (χ1v) is 5.93. The molecule has 0 spiro atoms. The molecule has 0 aliphatic carbocycles. The Morgan fingerprint density at radius 1 is 1.47 bits per heavy atom. The lowest BCUT2D eigenvalue weighted by molar-refractivity contribution is 0.0995. The number of hydrogen-bond donors (Lipinski definition) is 1. The van der Waals surface area contributed by atoms with Crippen molar-refractivity contribution in [3.05, 3.63) is 45.5 Å². The largest absolute Gasteiger partial charge is 0.444 e. The SMILES string of the molecule is Cc1ccnc(Cl)c1NC(=O)c1ccc(Br)o1. The number of carbonyl (C=O) groups is 1. The van der Waals surface area contributed by atoms with Gasteiger partial charge in [-0.15, -0.1) is 0 Å². The van der Waals surface area contributed by atoms with E-state index in [2.05, 4.69) is 26.2 Å². The number of carbonyl (C=O) groups excluding carboxylic acids is 1. The van der Waals surface area contributed by atoms with Gasteiger partial charge in [0.15, 0.2) is 15.6 Å². The van der Waals surface area contributed by atoms with Crippen LogP contribution in [0.4, 0.5) is 5.69 Å². The Hall–Kier alpha value is -1.33. The van der Waals surface area contributed by atoms with E-state index in [0.717, 1.165) is 5.56 Å². The number of anilines is 1. The maximum Gasteiger partial charge on any atom is 0.291 e. The Morgan fingerprint density at radius 3 is 2.82 bits per heavy atom. The number of nitrogens with one attached hydrogen (secondary N) is 1. The molecule has 0 atom stereocenters. The van der Waals surface area contributed by atoms with Crippen molar-refractivity contribution in [2.75, 3.05) is 5.32 Å². The zero-order chi connectivity index (χ0) is 12.4. The van der Waals surface area contributed by atoms with E-state index < -0.39 is 0 Å². The molecule has 0 fully saturated rings. The van der Waals surface area contributed by atoms with Crippen molar-refractivity contribution in [1.29, 1.82) is 0 Å². The zero-order valence-corrected chi connectivity index (χ0v) is 11.2. The Bertz CT molecular complexity index is 548. The molecular weight excluding hydrogens is 307 g/mol. The van der Waals surface area contributed by atoms with Crippen LogP contribution in [-0.2, 0) is 0 Å². The lowest BCUT2D eigenvalue weighted by Crippen LogP contribution is -2.12. The quantitative estimate of drug-likeness (QED) is 0.861. The van der Waals surface area contributed by atoms with Crippen molar-refractivity contribution < 1.29 is 9.21 Å². The number of nitrogens with zero attached hydrogens (tertiary/aromatic N) is 1. The molecule has 1 amide bonds. The van der Waals surface area contributed by atoms with Crippen molar-refractivity contribution in [1.82, 2.24) is 4.98 Å². The molecular formula is C11H8BrClN2O2. The highest BCUT2D eigenvalue weighted by molar-refractivity contribution is 9.10. The third kappa shape index (κ3) is 2.68. The third-order valence-corrected chi connectivity index (χ3v) is 2.86. The third-order valence-electron chi connectivity index (χ3n) is 2.15. The maximum atomic E-state index is 11.8. The summed E-state index contributed by atoms with van der Waals surface area (Å²) in [6, 6.07) is 4.98. The van der Waals surface area contributed by atoms with Gasteiger partial charge in [0.25, 0.3) is 5.91 Å². The molecule has 0 aliphatic rings. The van der Waals surface area contributed by atoms with E-state index in [1.807, 2.05) is 6.92 Å². The zero-order valence-electron chi connectivity index (χ0n) is 8.83. The molecule has 0 unspecified atom stereocenters. The van der Waals surface area contributed by atoms with Gasteiger partial charge < -0.3 is 9.73 Å². The molecule has 88 valence electrons. The van der Waals surface area contributed by atoms with Crippen molar-refractivity contribution in [3.63, 3.8) is 0 Å². The van der Waals surface area contributed by atoms with Crippen LogP contribution in [0.5, 0.6) is 0 Å². The van der Waals surface area contributed by atoms with Crippen LogP contribution < -0.4 is 5.32 Å². The van der Waals surface area contributed by atoms with Gasteiger partial charge in [-0.3, -0.25) is 4.79 Å². The topological polar surface area (TPSA) is 55.1 Å². The summed E-state index contributed by atoms with van der Waals surface area (Å²) < 4.78 is 5.64. The van der Waals surface area contributed by atoms with E-state index in [4.69, 9.17) is 16.0 Å². The molecule has 2 heterocycles. The number of hydrogen-bond acceptors (Lipinski definition) is 3. The van der Waals surface area contributed by atoms with Crippen LogP contribution in [0.3, 0.4) is 0 Å². The molecule has 17 heavy (non-hydrogen) atoms. The highest BCUT2D eigenvalue weighted by Gasteiger charge is 2.14. The van der Waals surface area contributed by atoms with E-state index >= 15 is 0 Å². The Labute approximate surface area is 111 Å². The molecule has 2 aromatic heterocycles. The van der Waals surface area contributed by atoms with Crippen LogP contribution in [0.1, 0.15) is 16.1 Å². The number of rotatable bonds is 2. The van der Waals surface area contributed by atoms with Gasteiger partial charge >= 0.3 is 0 Å². The van der Waals surface area contributed by atoms with Crippen LogP contribution in [0.2, 0.25) is 5.15 Å². The monoisotopic (exact) mass is 314 g/mol. The summed E-state index contributed by atoms with van der Waals surface area (Å²) >= 11 is 9.03. The van der Waals surface area contributed by atoms with Gasteiger partial charge in [-0.05, 0) is 46.6 Å². The predicted molar refractivity (Wildman–Crippen MR) is 68.3 cm³/mol. The molecule has 4 nitrogen and oxygen atoms in total. The fourth-order valence-corrected chi connectivity index (χ4v) is 1.85. The molecule has 0 saturated heterocycles. The van der Waals surface area contributed by atoms with Gasteiger partial charge in [0.1, 0.15) is 0 Å². The number of aryl methyl sites for hydroxylation is 1. The minimum absolute atomic E-state index is 0.205. The summed E-state index contributed by atoms with van der Waals surface area (Å²) in [4.78, 5) is 15.7. The molecule has 0 saturated carbocycles. The van der Waals surface area contributed by atoms with E-state index in [0.29, 0.717) is 10.4 Å². The molecule has 0 bridgehead atoms. The summed E-state index contributed by atoms with van der Waals surface area (Å²) in [5.41, 5.74) is 1.33. The maximum absolute atomic E-state index is 11.8. The Balaban J connectivity index is 2.24.